The SMILES string of the molecule is CCCc1cnc(-c2ccc(Br)cc2)nc1. The summed E-state index contributed by atoms with van der Waals surface area (Å²) in [5, 5.41) is 0. The van der Waals surface area contributed by atoms with Gasteiger partial charge in [-0.1, -0.05) is 41.4 Å². The van der Waals surface area contributed by atoms with Gasteiger partial charge in [0.2, 0.25) is 0 Å². The molecule has 0 saturated heterocycles. The van der Waals surface area contributed by atoms with Gasteiger partial charge in [-0.3, -0.25) is 0 Å². The number of hydrogen-bond acceptors (Lipinski definition) is 2. The molecular weight excluding hydrogens is 264 g/mol. The molecule has 16 heavy (non-hydrogen) atoms. The molecule has 0 N–H and O–H groups in total. The monoisotopic (exact) mass is 276 g/mol. The van der Waals surface area contributed by atoms with Gasteiger partial charge in [0, 0.05) is 22.4 Å². The first-order valence-corrected chi connectivity index (χ1v) is 6.15. The van der Waals surface area contributed by atoms with Crippen molar-refractivity contribution in [3.63, 3.8) is 0 Å². The Bertz CT molecular complexity index is 448. The van der Waals surface area contributed by atoms with Crippen molar-refractivity contribution in [2.45, 2.75) is 19.8 Å². The van der Waals surface area contributed by atoms with E-state index in [2.05, 4.69) is 32.8 Å². The molecule has 0 bridgehead atoms. The highest BCUT2D eigenvalue weighted by atomic mass is 79.9. The zero-order valence-corrected chi connectivity index (χ0v) is 10.7. The number of nitrogens with zero attached hydrogens (tertiary/aromatic N) is 2. The van der Waals surface area contributed by atoms with Crippen LogP contribution in [0.15, 0.2) is 41.1 Å². The second-order valence-corrected chi connectivity index (χ2v) is 4.59. The van der Waals surface area contributed by atoms with Crippen LogP contribution in [0.5, 0.6) is 0 Å². The third-order valence-corrected chi connectivity index (χ3v) is 2.88. The van der Waals surface area contributed by atoms with Crippen LogP contribution < -0.4 is 0 Å². The first-order chi connectivity index (χ1) is 7.79. The van der Waals surface area contributed by atoms with Crippen molar-refractivity contribution in [2.75, 3.05) is 0 Å². The number of rotatable bonds is 3. The predicted molar refractivity (Wildman–Crippen MR) is 69.2 cm³/mol. The quantitative estimate of drug-likeness (QED) is 0.851. The van der Waals surface area contributed by atoms with E-state index in [1.165, 1.54) is 5.56 Å². The average molecular weight is 277 g/mol. The number of aromatic nitrogens is 2. The molecule has 0 saturated carbocycles. The summed E-state index contributed by atoms with van der Waals surface area (Å²) in [5.41, 5.74) is 2.25. The van der Waals surface area contributed by atoms with E-state index in [1.54, 1.807) is 0 Å². The minimum absolute atomic E-state index is 0.785. The number of aryl methyl sites for hydroxylation is 1. The summed E-state index contributed by atoms with van der Waals surface area (Å²) in [6.07, 6.45) is 5.99. The number of benzene rings is 1. The van der Waals surface area contributed by atoms with Gasteiger partial charge >= 0.3 is 0 Å². The van der Waals surface area contributed by atoms with Crippen molar-refractivity contribution in [1.82, 2.24) is 9.97 Å². The molecule has 2 rings (SSSR count). The van der Waals surface area contributed by atoms with Gasteiger partial charge < -0.3 is 0 Å². The van der Waals surface area contributed by atoms with E-state index in [4.69, 9.17) is 0 Å². The molecule has 0 fully saturated rings. The topological polar surface area (TPSA) is 25.8 Å². The van der Waals surface area contributed by atoms with Crippen molar-refractivity contribution in [2.24, 2.45) is 0 Å². The molecule has 0 aliphatic heterocycles. The van der Waals surface area contributed by atoms with Crippen molar-refractivity contribution in [1.29, 1.82) is 0 Å². The Kier molecular flexibility index (Phi) is 3.67. The fraction of sp³-hybridized carbons (Fsp3) is 0.231. The molecule has 1 aromatic heterocycles. The van der Waals surface area contributed by atoms with E-state index in [-0.39, 0.29) is 0 Å². The summed E-state index contributed by atoms with van der Waals surface area (Å²) < 4.78 is 1.07. The van der Waals surface area contributed by atoms with E-state index < -0.39 is 0 Å². The highest BCUT2D eigenvalue weighted by molar-refractivity contribution is 9.10. The first-order valence-electron chi connectivity index (χ1n) is 5.36. The van der Waals surface area contributed by atoms with Crippen LogP contribution in [0, 0.1) is 0 Å². The Morgan fingerprint density at radius 2 is 1.69 bits per heavy atom. The molecule has 3 heteroatoms. The number of halogens is 1. The third kappa shape index (κ3) is 2.67. The van der Waals surface area contributed by atoms with Crippen LogP contribution >= 0.6 is 15.9 Å². The minimum Gasteiger partial charge on any atom is -0.236 e. The lowest BCUT2D eigenvalue weighted by molar-refractivity contribution is 0.902. The van der Waals surface area contributed by atoms with Crippen LogP contribution in [0.2, 0.25) is 0 Å². The summed E-state index contributed by atoms with van der Waals surface area (Å²) >= 11 is 3.41. The molecule has 0 aliphatic carbocycles. The van der Waals surface area contributed by atoms with Gasteiger partial charge in [0.25, 0.3) is 0 Å². The van der Waals surface area contributed by atoms with Gasteiger partial charge in [-0.2, -0.15) is 0 Å². The minimum atomic E-state index is 0.785. The maximum absolute atomic E-state index is 4.37. The van der Waals surface area contributed by atoms with E-state index in [9.17, 15) is 0 Å². The van der Waals surface area contributed by atoms with Crippen LogP contribution in [0.1, 0.15) is 18.9 Å². The van der Waals surface area contributed by atoms with Crippen LogP contribution in [0.3, 0.4) is 0 Å². The highest BCUT2D eigenvalue weighted by Crippen LogP contribution is 2.18. The lowest BCUT2D eigenvalue weighted by Crippen LogP contribution is -1.92. The Balaban J connectivity index is 2.24. The molecule has 0 amide bonds. The van der Waals surface area contributed by atoms with Crippen molar-refractivity contribution < 1.29 is 0 Å². The smallest absolute Gasteiger partial charge is 0.159 e. The Labute approximate surface area is 104 Å². The standard InChI is InChI=1S/C13H13BrN2/c1-2-3-10-8-15-13(16-9-10)11-4-6-12(14)7-5-11/h4-9H,2-3H2,1H3. The lowest BCUT2D eigenvalue weighted by Gasteiger charge is -2.01. The van der Waals surface area contributed by atoms with Crippen LogP contribution in [-0.2, 0) is 6.42 Å². The number of hydrogen-bond donors (Lipinski definition) is 0. The van der Waals surface area contributed by atoms with Crippen molar-refractivity contribution in [3.05, 3.63) is 46.7 Å². The summed E-state index contributed by atoms with van der Waals surface area (Å²) in [4.78, 5) is 8.74. The molecule has 0 atom stereocenters. The molecule has 1 aromatic carbocycles. The zero-order chi connectivity index (χ0) is 11.4. The van der Waals surface area contributed by atoms with Crippen LogP contribution in [0.4, 0.5) is 0 Å². The summed E-state index contributed by atoms with van der Waals surface area (Å²) in [7, 11) is 0. The average Bonchev–Trinajstić information content (AvgIpc) is 2.32. The van der Waals surface area contributed by atoms with Gasteiger partial charge in [-0.15, -0.1) is 0 Å². The fourth-order valence-corrected chi connectivity index (χ4v) is 1.78. The lowest BCUT2D eigenvalue weighted by atomic mass is 10.2. The maximum Gasteiger partial charge on any atom is 0.159 e. The van der Waals surface area contributed by atoms with E-state index in [1.807, 2.05) is 36.7 Å². The van der Waals surface area contributed by atoms with E-state index in [0.717, 1.165) is 28.7 Å². The molecule has 1 heterocycles. The van der Waals surface area contributed by atoms with E-state index >= 15 is 0 Å². The molecule has 0 spiro atoms. The summed E-state index contributed by atoms with van der Waals surface area (Å²) in [6, 6.07) is 8.02. The van der Waals surface area contributed by atoms with Crippen LogP contribution in [0.25, 0.3) is 11.4 Å². The molecule has 0 unspecified atom stereocenters. The summed E-state index contributed by atoms with van der Waals surface area (Å²) in [6.45, 7) is 2.16. The second kappa shape index (κ2) is 5.21. The van der Waals surface area contributed by atoms with Crippen LogP contribution in [-0.4, -0.2) is 9.97 Å². The molecule has 0 aliphatic rings. The van der Waals surface area contributed by atoms with Gasteiger partial charge in [0.05, 0.1) is 0 Å². The fourth-order valence-electron chi connectivity index (χ4n) is 1.52. The zero-order valence-electron chi connectivity index (χ0n) is 9.15. The Morgan fingerprint density at radius 1 is 1.06 bits per heavy atom. The Hall–Kier alpha value is -1.22. The van der Waals surface area contributed by atoms with Gasteiger partial charge in [-0.05, 0) is 24.1 Å². The van der Waals surface area contributed by atoms with Crippen molar-refractivity contribution >= 4 is 15.9 Å². The largest absolute Gasteiger partial charge is 0.236 e. The second-order valence-electron chi connectivity index (χ2n) is 3.67. The summed E-state index contributed by atoms with van der Waals surface area (Å²) in [5.74, 6) is 0.785. The highest BCUT2D eigenvalue weighted by Gasteiger charge is 2.00. The first kappa shape index (κ1) is 11.3. The van der Waals surface area contributed by atoms with Gasteiger partial charge in [0.1, 0.15) is 0 Å². The molecular formula is C13H13BrN2. The van der Waals surface area contributed by atoms with Gasteiger partial charge in [0.15, 0.2) is 5.82 Å². The maximum atomic E-state index is 4.37. The normalized spacial score (nSPS) is 10.4. The molecule has 2 aromatic rings. The van der Waals surface area contributed by atoms with Gasteiger partial charge in [-0.25, -0.2) is 9.97 Å². The predicted octanol–water partition coefficient (Wildman–Crippen LogP) is 3.86. The third-order valence-electron chi connectivity index (χ3n) is 2.35. The van der Waals surface area contributed by atoms with Crippen molar-refractivity contribution in [3.8, 4) is 11.4 Å². The molecule has 82 valence electrons. The van der Waals surface area contributed by atoms with E-state index in [0.29, 0.717) is 0 Å². The Morgan fingerprint density at radius 3 is 2.25 bits per heavy atom. The molecule has 0 radical (unpaired) electrons. The molecule has 2 nitrogen and oxygen atoms in total.